The van der Waals surface area contributed by atoms with Crippen LogP contribution in [0.1, 0.15) is 39.0 Å². The Bertz CT molecular complexity index is 423. The van der Waals surface area contributed by atoms with Gasteiger partial charge in [0.2, 0.25) is 0 Å². The minimum Gasteiger partial charge on any atom is -0.366 e. The van der Waals surface area contributed by atoms with Crippen molar-refractivity contribution in [3.8, 4) is 0 Å². The van der Waals surface area contributed by atoms with Crippen molar-refractivity contribution in [1.82, 2.24) is 4.98 Å². The molecule has 1 N–H and O–H groups in total. The third-order valence-corrected chi connectivity index (χ3v) is 4.45. The van der Waals surface area contributed by atoms with Gasteiger partial charge < -0.3 is 5.32 Å². The highest BCUT2D eigenvalue weighted by Crippen LogP contribution is 2.31. The van der Waals surface area contributed by atoms with Gasteiger partial charge in [-0.2, -0.15) is 0 Å². The van der Waals surface area contributed by atoms with Crippen LogP contribution in [0.3, 0.4) is 0 Å². The SMILES string of the molecule is CC1CCCC(Nc2nc(Cl)c(Cl)cc2Cl)CC1. The van der Waals surface area contributed by atoms with E-state index in [0.717, 1.165) is 18.8 Å². The maximum atomic E-state index is 6.12. The monoisotopic (exact) mass is 306 g/mol. The number of pyridine rings is 1. The number of rotatable bonds is 2. The van der Waals surface area contributed by atoms with E-state index >= 15 is 0 Å². The Kier molecular flexibility index (Phi) is 4.99. The Labute approximate surface area is 123 Å². The third-order valence-electron chi connectivity index (χ3n) is 3.48. The molecule has 100 valence electrons. The first-order valence-electron chi connectivity index (χ1n) is 6.34. The molecule has 0 amide bonds. The Morgan fingerprint density at radius 3 is 2.67 bits per heavy atom. The highest BCUT2D eigenvalue weighted by atomic mass is 35.5. The van der Waals surface area contributed by atoms with Crippen LogP contribution in [0.4, 0.5) is 5.82 Å². The van der Waals surface area contributed by atoms with Gasteiger partial charge in [0, 0.05) is 6.04 Å². The van der Waals surface area contributed by atoms with Crippen LogP contribution < -0.4 is 5.32 Å². The maximum absolute atomic E-state index is 6.12. The van der Waals surface area contributed by atoms with Crippen molar-refractivity contribution in [3.05, 3.63) is 21.3 Å². The lowest BCUT2D eigenvalue weighted by Gasteiger charge is -2.18. The molecule has 5 heteroatoms. The first-order valence-corrected chi connectivity index (χ1v) is 7.47. The van der Waals surface area contributed by atoms with Crippen molar-refractivity contribution in [2.45, 2.75) is 45.1 Å². The fraction of sp³-hybridized carbons (Fsp3) is 0.615. The highest BCUT2D eigenvalue weighted by molar-refractivity contribution is 6.42. The standard InChI is InChI=1S/C13H17Cl3N2/c1-8-3-2-4-9(6-5-8)17-13-11(15)7-10(14)12(16)18-13/h7-9H,2-6H2,1H3,(H,17,18). The molecule has 0 saturated heterocycles. The molecule has 0 radical (unpaired) electrons. The number of halogens is 3. The second-order valence-electron chi connectivity index (χ2n) is 5.05. The quantitative estimate of drug-likeness (QED) is 0.582. The first-order chi connectivity index (χ1) is 8.56. The van der Waals surface area contributed by atoms with Crippen LogP contribution in [0, 0.1) is 5.92 Å². The molecule has 1 saturated carbocycles. The largest absolute Gasteiger partial charge is 0.366 e. The summed E-state index contributed by atoms with van der Waals surface area (Å²) in [7, 11) is 0. The maximum Gasteiger partial charge on any atom is 0.150 e. The van der Waals surface area contributed by atoms with Crippen LogP contribution in [-0.2, 0) is 0 Å². The number of nitrogens with zero attached hydrogens (tertiary/aromatic N) is 1. The summed E-state index contributed by atoms with van der Waals surface area (Å²) in [6.45, 7) is 2.31. The molecule has 0 bridgehead atoms. The Morgan fingerprint density at radius 1 is 1.11 bits per heavy atom. The minimum atomic E-state index is 0.297. The Balaban J connectivity index is 2.06. The summed E-state index contributed by atoms with van der Waals surface area (Å²) >= 11 is 17.9. The molecular weight excluding hydrogens is 291 g/mol. The van der Waals surface area contributed by atoms with Crippen LogP contribution in [0.5, 0.6) is 0 Å². The lowest BCUT2D eigenvalue weighted by atomic mass is 10.0. The molecule has 2 unspecified atom stereocenters. The highest BCUT2D eigenvalue weighted by Gasteiger charge is 2.18. The summed E-state index contributed by atoms with van der Waals surface area (Å²) in [4.78, 5) is 4.21. The van der Waals surface area contributed by atoms with Gasteiger partial charge in [-0.1, -0.05) is 54.6 Å². The van der Waals surface area contributed by atoms with Gasteiger partial charge in [0.15, 0.2) is 0 Å². The number of hydrogen-bond acceptors (Lipinski definition) is 2. The van der Waals surface area contributed by atoms with Crippen LogP contribution >= 0.6 is 34.8 Å². The zero-order chi connectivity index (χ0) is 13.1. The van der Waals surface area contributed by atoms with Gasteiger partial charge in [0.05, 0.1) is 10.0 Å². The van der Waals surface area contributed by atoms with Crippen molar-refractivity contribution in [3.63, 3.8) is 0 Å². The van der Waals surface area contributed by atoms with E-state index in [2.05, 4.69) is 17.2 Å². The molecule has 18 heavy (non-hydrogen) atoms. The van der Waals surface area contributed by atoms with Crippen molar-refractivity contribution < 1.29 is 0 Å². The molecule has 2 atom stereocenters. The lowest BCUT2D eigenvalue weighted by molar-refractivity contribution is 0.502. The van der Waals surface area contributed by atoms with Crippen LogP contribution in [0.25, 0.3) is 0 Å². The second-order valence-corrected chi connectivity index (χ2v) is 6.22. The average Bonchev–Trinajstić information content (AvgIpc) is 2.51. The Hall–Kier alpha value is -0.180. The summed E-state index contributed by atoms with van der Waals surface area (Å²) in [5, 5.41) is 4.61. The van der Waals surface area contributed by atoms with Crippen molar-refractivity contribution in [2.24, 2.45) is 5.92 Å². The van der Waals surface area contributed by atoms with Gasteiger partial charge in [-0.25, -0.2) is 4.98 Å². The Morgan fingerprint density at radius 2 is 1.89 bits per heavy atom. The van der Waals surface area contributed by atoms with Gasteiger partial charge >= 0.3 is 0 Å². The minimum absolute atomic E-state index is 0.297. The molecule has 0 spiro atoms. The molecule has 1 aromatic heterocycles. The summed E-state index contributed by atoms with van der Waals surface area (Å²) in [6.07, 6.45) is 6.11. The topological polar surface area (TPSA) is 24.9 Å². The number of aromatic nitrogens is 1. The number of nitrogens with one attached hydrogen (secondary N) is 1. The van der Waals surface area contributed by atoms with E-state index in [1.807, 2.05) is 0 Å². The van der Waals surface area contributed by atoms with Crippen LogP contribution in [-0.4, -0.2) is 11.0 Å². The van der Waals surface area contributed by atoms with E-state index in [1.165, 1.54) is 19.3 Å². The molecule has 1 aliphatic rings. The van der Waals surface area contributed by atoms with E-state index < -0.39 is 0 Å². The normalized spacial score (nSPS) is 24.7. The van der Waals surface area contributed by atoms with Crippen molar-refractivity contribution in [1.29, 1.82) is 0 Å². The average molecular weight is 308 g/mol. The van der Waals surface area contributed by atoms with Gasteiger partial charge in [-0.3, -0.25) is 0 Å². The summed E-state index contributed by atoms with van der Waals surface area (Å²) in [6, 6.07) is 2.07. The molecular formula is C13H17Cl3N2. The molecule has 1 aliphatic carbocycles. The zero-order valence-electron chi connectivity index (χ0n) is 10.3. The molecule has 1 heterocycles. The molecule has 0 aliphatic heterocycles. The summed E-state index contributed by atoms with van der Waals surface area (Å²) in [5.74, 6) is 1.46. The molecule has 2 rings (SSSR count). The zero-order valence-corrected chi connectivity index (χ0v) is 12.6. The lowest BCUT2D eigenvalue weighted by Crippen LogP contribution is -2.19. The molecule has 0 aromatic carbocycles. The van der Waals surface area contributed by atoms with E-state index in [0.29, 0.717) is 27.1 Å². The predicted octanol–water partition coefficient (Wildman–Crippen LogP) is 5.42. The number of anilines is 1. The van der Waals surface area contributed by atoms with E-state index in [1.54, 1.807) is 6.07 Å². The molecule has 2 nitrogen and oxygen atoms in total. The molecule has 1 fully saturated rings. The third kappa shape index (κ3) is 3.66. The first kappa shape index (κ1) is 14.2. The summed E-state index contributed by atoms with van der Waals surface area (Å²) in [5.41, 5.74) is 0. The summed E-state index contributed by atoms with van der Waals surface area (Å²) < 4.78 is 0. The van der Waals surface area contributed by atoms with Crippen molar-refractivity contribution >= 4 is 40.6 Å². The number of hydrogen-bond donors (Lipinski definition) is 1. The predicted molar refractivity (Wildman–Crippen MR) is 78.9 cm³/mol. The smallest absolute Gasteiger partial charge is 0.150 e. The van der Waals surface area contributed by atoms with E-state index in [9.17, 15) is 0 Å². The van der Waals surface area contributed by atoms with Crippen LogP contribution in [0.2, 0.25) is 15.2 Å². The van der Waals surface area contributed by atoms with E-state index in [4.69, 9.17) is 34.8 Å². The van der Waals surface area contributed by atoms with Gasteiger partial charge in [0.1, 0.15) is 11.0 Å². The van der Waals surface area contributed by atoms with Gasteiger partial charge in [-0.15, -0.1) is 0 Å². The molecule has 1 aromatic rings. The van der Waals surface area contributed by atoms with Crippen molar-refractivity contribution in [2.75, 3.05) is 5.32 Å². The van der Waals surface area contributed by atoms with Crippen LogP contribution in [0.15, 0.2) is 6.07 Å². The fourth-order valence-electron chi connectivity index (χ4n) is 2.37. The van der Waals surface area contributed by atoms with E-state index in [-0.39, 0.29) is 0 Å². The fourth-order valence-corrected chi connectivity index (χ4v) is 2.92. The second kappa shape index (κ2) is 6.31. The van der Waals surface area contributed by atoms with Gasteiger partial charge in [-0.05, 0) is 31.2 Å². The van der Waals surface area contributed by atoms with Gasteiger partial charge in [0.25, 0.3) is 0 Å².